The molecule has 5 heteroatoms. The number of nitrogens with one attached hydrogen (secondary N) is 1. The maximum atomic E-state index is 10.3. The number of nitrogens with zero attached hydrogens (tertiary/aromatic N) is 1. The first kappa shape index (κ1) is 16.1. The minimum absolute atomic E-state index is 0.379. The minimum Gasteiger partial charge on any atom is -0.476 e. The fraction of sp³-hybridized carbons (Fsp3) is 0.353. The van der Waals surface area contributed by atoms with Crippen LogP contribution in [0.25, 0.3) is 0 Å². The van der Waals surface area contributed by atoms with Crippen molar-refractivity contribution in [3.05, 3.63) is 54.0 Å². The molecule has 0 bridgehead atoms. The van der Waals surface area contributed by atoms with E-state index in [2.05, 4.69) is 5.32 Å². The van der Waals surface area contributed by atoms with E-state index in [1.54, 1.807) is 32.2 Å². The highest BCUT2D eigenvalue weighted by Gasteiger charge is 2.25. The summed E-state index contributed by atoms with van der Waals surface area (Å²) in [6, 6.07) is 13.0. The van der Waals surface area contributed by atoms with Crippen molar-refractivity contribution in [2.75, 3.05) is 6.54 Å². The van der Waals surface area contributed by atoms with E-state index in [4.69, 9.17) is 14.4 Å². The van der Waals surface area contributed by atoms with E-state index in [0.29, 0.717) is 24.6 Å². The summed E-state index contributed by atoms with van der Waals surface area (Å²) in [5.74, 6) is 1.20. The van der Waals surface area contributed by atoms with Crippen LogP contribution in [0.2, 0.25) is 0 Å². The lowest BCUT2D eigenvalue weighted by molar-refractivity contribution is 0.0340. The summed E-state index contributed by atoms with van der Waals surface area (Å²) in [5.41, 5.74) is 0.0154. The molecule has 0 saturated heterocycles. The summed E-state index contributed by atoms with van der Waals surface area (Å²) < 4.78 is 10.6. The van der Waals surface area contributed by atoms with Crippen molar-refractivity contribution in [1.29, 1.82) is 5.26 Å². The van der Waals surface area contributed by atoms with Crippen molar-refractivity contribution < 1.29 is 14.3 Å². The van der Waals surface area contributed by atoms with Gasteiger partial charge in [0.15, 0.2) is 6.10 Å². The molecule has 0 aliphatic carbocycles. The third-order valence-corrected chi connectivity index (χ3v) is 3.27. The number of nitriles is 1. The molecule has 116 valence electrons. The van der Waals surface area contributed by atoms with Crippen LogP contribution in [0.5, 0.6) is 5.75 Å². The quantitative estimate of drug-likeness (QED) is 0.821. The molecule has 0 fully saturated rings. The number of rotatable bonds is 7. The van der Waals surface area contributed by atoms with Crippen LogP contribution in [-0.2, 0) is 12.1 Å². The molecule has 2 atom stereocenters. The van der Waals surface area contributed by atoms with Gasteiger partial charge in [0.25, 0.3) is 0 Å². The lowest BCUT2D eigenvalue weighted by atomic mass is 10.0. The minimum atomic E-state index is -1.05. The number of hydrogen-bond acceptors (Lipinski definition) is 5. The number of ether oxygens (including phenoxy) is 1. The van der Waals surface area contributed by atoms with E-state index in [1.807, 2.05) is 30.3 Å². The monoisotopic (exact) mass is 300 g/mol. The zero-order valence-corrected chi connectivity index (χ0v) is 12.7. The highest BCUT2D eigenvalue weighted by Crippen LogP contribution is 2.20. The Morgan fingerprint density at radius 2 is 2.09 bits per heavy atom. The van der Waals surface area contributed by atoms with Crippen molar-refractivity contribution in [2.24, 2.45) is 0 Å². The van der Waals surface area contributed by atoms with Crippen LogP contribution in [0.1, 0.15) is 25.2 Å². The highest BCUT2D eigenvalue weighted by molar-refractivity contribution is 5.27. The van der Waals surface area contributed by atoms with Crippen LogP contribution in [0, 0.1) is 11.3 Å². The van der Waals surface area contributed by atoms with Gasteiger partial charge in [-0.3, -0.25) is 0 Å². The Hall–Kier alpha value is -2.29. The standard InChI is InChI=1S/C17H20N2O3/c1-13(10-18)22-15-7-5-14(6-8-15)11-19-12-17(2,20)16-4-3-9-21-16/h3-9,13,19-20H,11-12H2,1-2H3. The predicted molar refractivity (Wildman–Crippen MR) is 82.1 cm³/mol. The van der Waals surface area contributed by atoms with Gasteiger partial charge >= 0.3 is 0 Å². The molecule has 2 unspecified atom stereocenters. The van der Waals surface area contributed by atoms with E-state index in [-0.39, 0.29) is 0 Å². The summed E-state index contributed by atoms with van der Waals surface area (Å²) >= 11 is 0. The fourth-order valence-electron chi connectivity index (χ4n) is 2.04. The van der Waals surface area contributed by atoms with Gasteiger partial charge in [-0.25, -0.2) is 0 Å². The first-order chi connectivity index (χ1) is 10.5. The van der Waals surface area contributed by atoms with Gasteiger partial charge < -0.3 is 19.6 Å². The molecule has 22 heavy (non-hydrogen) atoms. The molecule has 0 amide bonds. The number of benzene rings is 1. The van der Waals surface area contributed by atoms with Crippen molar-refractivity contribution in [2.45, 2.75) is 32.1 Å². The summed E-state index contributed by atoms with van der Waals surface area (Å²) in [6.07, 6.45) is 1.08. The second kappa shape index (κ2) is 7.12. The first-order valence-corrected chi connectivity index (χ1v) is 7.13. The highest BCUT2D eigenvalue weighted by atomic mass is 16.5. The third-order valence-electron chi connectivity index (χ3n) is 3.27. The Balaban J connectivity index is 1.83. The normalized spacial score (nSPS) is 14.8. The van der Waals surface area contributed by atoms with Crippen LogP contribution < -0.4 is 10.1 Å². The topological polar surface area (TPSA) is 78.4 Å². The fourth-order valence-corrected chi connectivity index (χ4v) is 2.04. The largest absolute Gasteiger partial charge is 0.476 e. The molecule has 1 heterocycles. The molecule has 0 saturated carbocycles. The molecule has 2 rings (SSSR count). The molecule has 0 spiro atoms. The second-order valence-corrected chi connectivity index (χ2v) is 5.39. The zero-order chi connectivity index (χ0) is 16.0. The maximum Gasteiger partial charge on any atom is 0.181 e. The molecule has 1 aromatic heterocycles. The molecule has 2 aromatic rings. The lowest BCUT2D eigenvalue weighted by Crippen LogP contribution is -2.34. The second-order valence-electron chi connectivity index (χ2n) is 5.39. The van der Waals surface area contributed by atoms with E-state index in [0.717, 1.165) is 5.56 Å². The van der Waals surface area contributed by atoms with E-state index < -0.39 is 11.7 Å². The van der Waals surface area contributed by atoms with Gasteiger partial charge in [-0.05, 0) is 43.7 Å². The van der Waals surface area contributed by atoms with Crippen molar-refractivity contribution in [3.8, 4) is 11.8 Å². The molecule has 0 aliphatic heterocycles. The van der Waals surface area contributed by atoms with Gasteiger partial charge in [-0.1, -0.05) is 12.1 Å². The molecule has 5 nitrogen and oxygen atoms in total. The van der Waals surface area contributed by atoms with Gasteiger partial charge in [0.05, 0.1) is 6.26 Å². The van der Waals surface area contributed by atoms with Gasteiger partial charge in [0.2, 0.25) is 0 Å². The zero-order valence-electron chi connectivity index (χ0n) is 12.7. The van der Waals surface area contributed by atoms with Crippen molar-refractivity contribution in [1.82, 2.24) is 5.32 Å². The molecule has 1 aromatic carbocycles. The van der Waals surface area contributed by atoms with E-state index in [9.17, 15) is 5.11 Å². The van der Waals surface area contributed by atoms with Crippen LogP contribution >= 0.6 is 0 Å². The van der Waals surface area contributed by atoms with Crippen molar-refractivity contribution in [3.63, 3.8) is 0 Å². The molecular formula is C17H20N2O3. The first-order valence-electron chi connectivity index (χ1n) is 7.13. The molecule has 0 radical (unpaired) electrons. The van der Waals surface area contributed by atoms with Gasteiger partial charge in [0.1, 0.15) is 23.2 Å². The molecule has 0 aliphatic rings. The van der Waals surface area contributed by atoms with Gasteiger partial charge in [0, 0.05) is 13.1 Å². The molecular weight excluding hydrogens is 280 g/mol. The van der Waals surface area contributed by atoms with E-state index >= 15 is 0 Å². The summed E-state index contributed by atoms with van der Waals surface area (Å²) in [7, 11) is 0. The van der Waals surface area contributed by atoms with Crippen LogP contribution in [-0.4, -0.2) is 17.8 Å². The van der Waals surface area contributed by atoms with E-state index in [1.165, 1.54) is 0 Å². The summed E-state index contributed by atoms with van der Waals surface area (Å²) in [4.78, 5) is 0. The van der Waals surface area contributed by atoms with Gasteiger partial charge in [-0.15, -0.1) is 0 Å². The maximum absolute atomic E-state index is 10.3. The average molecular weight is 300 g/mol. The van der Waals surface area contributed by atoms with Crippen LogP contribution in [0.15, 0.2) is 47.1 Å². The Morgan fingerprint density at radius 3 is 2.68 bits per heavy atom. The van der Waals surface area contributed by atoms with Crippen molar-refractivity contribution >= 4 is 0 Å². The number of furan rings is 1. The SMILES string of the molecule is CC(C#N)Oc1ccc(CNCC(C)(O)c2ccco2)cc1. The summed E-state index contributed by atoms with van der Waals surface area (Å²) in [5, 5.41) is 22.2. The lowest BCUT2D eigenvalue weighted by Gasteiger charge is -2.21. The predicted octanol–water partition coefficient (Wildman–Crippen LogP) is 2.57. The smallest absolute Gasteiger partial charge is 0.181 e. The Bertz CT molecular complexity index is 612. The average Bonchev–Trinajstić information content (AvgIpc) is 3.04. The Kier molecular flexibility index (Phi) is 5.21. The Labute approximate surface area is 130 Å². The summed E-state index contributed by atoms with van der Waals surface area (Å²) in [6.45, 7) is 4.40. The Morgan fingerprint density at radius 1 is 1.36 bits per heavy atom. The number of hydrogen-bond donors (Lipinski definition) is 2. The molecule has 2 N–H and O–H groups in total. The third kappa shape index (κ3) is 4.35. The van der Waals surface area contributed by atoms with Gasteiger partial charge in [-0.2, -0.15) is 5.26 Å². The van der Waals surface area contributed by atoms with Crippen LogP contribution in [0.3, 0.4) is 0 Å². The number of aliphatic hydroxyl groups is 1. The van der Waals surface area contributed by atoms with Crippen LogP contribution in [0.4, 0.5) is 0 Å².